The zero-order valence-corrected chi connectivity index (χ0v) is 13.5. The molecule has 20 heavy (non-hydrogen) atoms. The van der Waals surface area contributed by atoms with Crippen molar-refractivity contribution in [2.24, 2.45) is 23.6 Å². The third-order valence-electron chi connectivity index (χ3n) is 5.09. The van der Waals surface area contributed by atoms with E-state index in [4.69, 9.17) is 10.6 Å². The predicted octanol–water partition coefficient (Wildman–Crippen LogP) is 3.27. The second kappa shape index (κ2) is 6.04. The lowest BCUT2D eigenvalue weighted by Gasteiger charge is -2.18. The first-order valence-electron chi connectivity index (χ1n) is 7.53. The Morgan fingerprint density at radius 3 is 2.65 bits per heavy atom. The fourth-order valence-electron chi connectivity index (χ4n) is 4.02. The number of hydrazine groups is 1. The second-order valence-corrected chi connectivity index (χ2v) is 6.98. The molecule has 0 aromatic heterocycles. The van der Waals surface area contributed by atoms with E-state index in [-0.39, 0.29) is 0 Å². The van der Waals surface area contributed by atoms with Gasteiger partial charge < -0.3 is 4.74 Å². The van der Waals surface area contributed by atoms with Crippen LogP contribution < -0.4 is 16.0 Å². The Morgan fingerprint density at radius 2 is 2.05 bits per heavy atom. The molecule has 3 unspecified atom stereocenters. The SMILES string of the molecule is COc1ccc(Br)c(CC(NN)C2C3CCCCC32)c1. The standard InChI is InChI=1S/C16H23BrN2O/c1-20-11-6-7-14(17)10(8-11)9-15(19-18)16-12-4-2-3-5-13(12)16/h6-8,12-13,15-16,19H,2-5,9,18H2,1H3. The van der Waals surface area contributed by atoms with Crippen LogP contribution in [0.3, 0.4) is 0 Å². The van der Waals surface area contributed by atoms with E-state index in [9.17, 15) is 0 Å². The van der Waals surface area contributed by atoms with Gasteiger partial charge in [-0.3, -0.25) is 11.3 Å². The van der Waals surface area contributed by atoms with Gasteiger partial charge in [-0.25, -0.2) is 0 Å². The zero-order chi connectivity index (χ0) is 14.1. The van der Waals surface area contributed by atoms with Gasteiger partial charge in [0.05, 0.1) is 7.11 Å². The topological polar surface area (TPSA) is 47.3 Å². The summed E-state index contributed by atoms with van der Waals surface area (Å²) in [6.07, 6.45) is 6.56. The van der Waals surface area contributed by atoms with Gasteiger partial charge in [-0.2, -0.15) is 0 Å². The Hall–Kier alpha value is -0.580. The highest BCUT2D eigenvalue weighted by Gasteiger charge is 2.53. The van der Waals surface area contributed by atoms with Gasteiger partial charge >= 0.3 is 0 Å². The molecule has 0 heterocycles. The van der Waals surface area contributed by atoms with Crippen molar-refractivity contribution in [3.05, 3.63) is 28.2 Å². The van der Waals surface area contributed by atoms with Crippen LogP contribution in [0.25, 0.3) is 0 Å². The van der Waals surface area contributed by atoms with Crippen molar-refractivity contribution >= 4 is 15.9 Å². The van der Waals surface area contributed by atoms with Crippen molar-refractivity contribution in [2.75, 3.05) is 7.11 Å². The van der Waals surface area contributed by atoms with E-state index in [2.05, 4.69) is 33.5 Å². The number of methoxy groups -OCH3 is 1. The van der Waals surface area contributed by atoms with Gasteiger partial charge in [0.1, 0.15) is 5.75 Å². The van der Waals surface area contributed by atoms with E-state index in [0.29, 0.717) is 6.04 Å². The fraction of sp³-hybridized carbons (Fsp3) is 0.625. The van der Waals surface area contributed by atoms with Crippen LogP contribution in [-0.2, 0) is 6.42 Å². The van der Waals surface area contributed by atoms with Crippen molar-refractivity contribution in [3.63, 3.8) is 0 Å². The molecule has 2 aliphatic rings. The molecule has 0 saturated heterocycles. The maximum atomic E-state index is 5.84. The van der Waals surface area contributed by atoms with Crippen LogP contribution in [0.2, 0.25) is 0 Å². The molecule has 110 valence electrons. The Labute approximate surface area is 129 Å². The lowest BCUT2D eigenvalue weighted by molar-refractivity contribution is 0.411. The van der Waals surface area contributed by atoms with Gasteiger partial charge in [0.15, 0.2) is 0 Å². The second-order valence-electron chi connectivity index (χ2n) is 6.12. The van der Waals surface area contributed by atoms with E-state index in [0.717, 1.165) is 34.4 Å². The molecule has 0 spiro atoms. The number of hydrogen-bond donors (Lipinski definition) is 2. The minimum absolute atomic E-state index is 0.381. The van der Waals surface area contributed by atoms with Crippen LogP contribution in [0.5, 0.6) is 5.75 Å². The number of fused-ring (bicyclic) bond motifs is 1. The van der Waals surface area contributed by atoms with E-state index in [1.165, 1.54) is 31.2 Å². The average Bonchev–Trinajstić information content (AvgIpc) is 3.21. The number of rotatable bonds is 5. The van der Waals surface area contributed by atoms with Crippen molar-refractivity contribution in [1.29, 1.82) is 0 Å². The normalized spacial score (nSPS) is 29.6. The molecule has 0 bridgehead atoms. The molecular weight excluding hydrogens is 316 g/mol. The molecule has 0 radical (unpaired) electrons. The fourth-order valence-corrected chi connectivity index (χ4v) is 4.43. The van der Waals surface area contributed by atoms with Crippen molar-refractivity contribution in [2.45, 2.75) is 38.1 Å². The van der Waals surface area contributed by atoms with E-state index < -0.39 is 0 Å². The van der Waals surface area contributed by atoms with Gasteiger partial charge in [-0.15, -0.1) is 0 Å². The third-order valence-corrected chi connectivity index (χ3v) is 5.87. The van der Waals surface area contributed by atoms with E-state index in [1.54, 1.807) is 7.11 Å². The first kappa shape index (κ1) is 14.4. The Morgan fingerprint density at radius 1 is 1.35 bits per heavy atom. The Bertz CT molecular complexity index is 468. The molecule has 2 fully saturated rings. The summed E-state index contributed by atoms with van der Waals surface area (Å²) in [4.78, 5) is 0. The zero-order valence-electron chi connectivity index (χ0n) is 11.9. The first-order valence-corrected chi connectivity index (χ1v) is 8.32. The molecule has 1 aromatic carbocycles. The number of ether oxygens (including phenoxy) is 1. The quantitative estimate of drug-likeness (QED) is 0.639. The molecule has 3 atom stereocenters. The number of benzene rings is 1. The number of hydrogen-bond acceptors (Lipinski definition) is 3. The predicted molar refractivity (Wildman–Crippen MR) is 84.4 cm³/mol. The van der Waals surface area contributed by atoms with Gasteiger partial charge in [-0.1, -0.05) is 28.8 Å². The highest BCUT2D eigenvalue weighted by Crippen LogP contribution is 2.57. The molecule has 0 amide bonds. The lowest BCUT2D eigenvalue weighted by atomic mass is 10.0. The summed E-state index contributed by atoms with van der Waals surface area (Å²) in [5.74, 6) is 9.34. The Kier molecular flexibility index (Phi) is 4.34. The molecule has 3 nitrogen and oxygen atoms in total. The van der Waals surface area contributed by atoms with E-state index >= 15 is 0 Å². The molecule has 0 aliphatic heterocycles. The van der Waals surface area contributed by atoms with Crippen LogP contribution in [-0.4, -0.2) is 13.2 Å². The van der Waals surface area contributed by atoms with Crippen molar-refractivity contribution in [3.8, 4) is 5.75 Å². The highest BCUT2D eigenvalue weighted by atomic mass is 79.9. The molecule has 3 N–H and O–H groups in total. The summed E-state index contributed by atoms with van der Waals surface area (Å²) < 4.78 is 6.46. The number of halogens is 1. The summed E-state index contributed by atoms with van der Waals surface area (Å²) in [6, 6.07) is 6.53. The monoisotopic (exact) mass is 338 g/mol. The molecule has 2 aliphatic carbocycles. The number of nitrogens with one attached hydrogen (secondary N) is 1. The molecule has 2 saturated carbocycles. The lowest BCUT2D eigenvalue weighted by Crippen LogP contribution is -2.39. The van der Waals surface area contributed by atoms with Gasteiger partial charge in [0.25, 0.3) is 0 Å². The smallest absolute Gasteiger partial charge is 0.119 e. The van der Waals surface area contributed by atoms with Crippen molar-refractivity contribution < 1.29 is 4.74 Å². The van der Waals surface area contributed by atoms with Crippen LogP contribution in [0, 0.1) is 17.8 Å². The summed E-state index contributed by atoms with van der Waals surface area (Å²) >= 11 is 3.64. The molecule has 3 rings (SSSR count). The first-order chi connectivity index (χ1) is 9.74. The summed E-state index contributed by atoms with van der Waals surface area (Å²) in [7, 11) is 1.71. The highest BCUT2D eigenvalue weighted by molar-refractivity contribution is 9.10. The summed E-state index contributed by atoms with van der Waals surface area (Å²) in [5.41, 5.74) is 4.35. The molecule has 1 aromatic rings. The average molecular weight is 339 g/mol. The number of nitrogens with two attached hydrogens (primary N) is 1. The summed E-state index contributed by atoms with van der Waals surface area (Å²) in [5, 5.41) is 0. The van der Waals surface area contributed by atoms with Crippen LogP contribution >= 0.6 is 15.9 Å². The van der Waals surface area contributed by atoms with E-state index in [1.807, 2.05) is 6.07 Å². The molecular formula is C16H23BrN2O. The Balaban J connectivity index is 1.72. The largest absolute Gasteiger partial charge is 0.497 e. The maximum absolute atomic E-state index is 5.84. The minimum Gasteiger partial charge on any atom is -0.497 e. The van der Waals surface area contributed by atoms with Crippen LogP contribution in [0.4, 0.5) is 0 Å². The molecule has 4 heteroatoms. The third kappa shape index (κ3) is 2.74. The van der Waals surface area contributed by atoms with Gasteiger partial charge in [0, 0.05) is 10.5 Å². The van der Waals surface area contributed by atoms with Crippen LogP contribution in [0.1, 0.15) is 31.2 Å². The van der Waals surface area contributed by atoms with Gasteiger partial charge in [0.2, 0.25) is 0 Å². The minimum atomic E-state index is 0.381. The summed E-state index contributed by atoms with van der Waals surface area (Å²) in [6.45, 7) is 0. The van der Waals surface area contributed by atoms with Crippen LogP contribution in [0.15, 0.2) is 22.7 Å². The van der Waals surface area contributed by atoms with Crippen molar-refractivity contribution in [1.82, 2.24) is 5.43 Å². The van der Waals surface area contributed by atoms with Gasteiger partial charge in [-0.05, 0) is 60.8 Å². The maximum Gasteiger partial charge on any atom is 0.119 e.